The van der Waals surface area contributed by atoms with E-state index >= 15 is 0 Å². The summed E-state index contributed by atoms with van der Waals surface area (Å²) in [7, 11) is -3.51. The molecule has 1 unspecified atom stereocenters. The molecule has 0 aromatic heterocycles. The number of hydrogen-bond donors (Lipinski definition) is 0. The largest absolute Gasteiger partial charge is 4.00 e. The molecule has 3 aromatic carbocycles. The molecule has 0 saturated heterocycles. The second kappa shape index (κ2) is 29.4. The fourth-order valence-corrected chi connectivity index (χ4v) is 22.6. The van der Waals surface area contributed by atoms with Crippen LogP contribution in [0.1, 0.15) is 117 Å². The van der Waals surface area contributed by atoms with Crippen LogP contribution in [0.5, 0.6) is 0 Å². The van der Waals surface area contributed by atoms with E-state index in [1.807, 2.05) is 0 Å². The Kier molecular flexibility index (Phi) is 35.1. The molecule has 0 nitrogen and oxygen atoms in total. The Bertz CT molecular complexity index is 1480. The number of allylic oxidation sites excluding steroid dienone is 4. The first kappa shape index (κ1) is 66.9. The molecule has 1 aliphatic rings. The molecule has 0 radical (unpaired) electrons. The summed E-state index contributed by atoms with van der Waals surface area (Å²) in [6, 6.07) is 28.4. The van der Waals surface area contributed by atoms with E-state index in [0.717, 1.165) is 11.8 Å². The summed E-state index contributed by atoms with van der Waals surface area (Å²) >= 11 is 0. The predicted octanol–water partition coefficient (Wildman–Crippen LogP) is 15.0. The van der Waals surface area contributed by atoms with Gasteiger partial charge in [0.05, 0.1) is 16.1 Å². The molecule has 0 saturated carbocycles. The predicted molar refractivity (Wildman–Crippen MR) is 261 cm³/mol. The minimum Gasteiger partial charge on any atom is -0.358 e. The first-order chi connectivity index (χ1) is 22.6. The van der Waals surface area contributed by atoms with Gasteiger partial charge in [-0.1, -0.05) is 216 Å². The van der Waals surface area contributed by atoms with Crippen LogP contribution in [0.2, 0.25) is 29.2 Å². The summed E-state index contributed by atoms with van der Waals surface area (Å²) in [5.41, 5.74) is 10.6. The second-order valence-electron chi connectivity index (χ2n) is 16.3. The van der Waals surface area contributed by atoms with Crippen LogP contribution in [0.25, 0.3) is 0 Å². The zero-order valence-corrected chi connectivity index (χ0v) is 45.7. The van der Waals surface area contributed by atoms with Crippen molar-refractivity contribution >= 4 is 31.7 Å². The third-order valence-electron chi connectivity index (χ3n) is 12.3. The maximum absolute atomic E-state index is 3.99. The van der Waals surface area contributed by atoms with Gasteiger partial charge in [0.25, 0.3) is 0 Å². The Morgan fingerprint density at radius 3 is 1.25 bits per heavy atom. The van der Waals surface area contributed by atoms with Crippen molar-refractivity contribution in [3.8, 4) is 0 Å². The van der Waals surface area contributed by atoms with Crippen molar-refractivity contribution in [3.05, 3.63) is 150 Å². The van der Waals surface area contributed by atoms with Crippen molar-refractivity contribution in [3.63, 3.8) is 0 Å². The third-order valence-corrected chi connectivity index (χ3v) is 24.7. The summed E-state index contributed by atoms with van der Waals surface area (Å²) in [6.45, 7) is 33.1. The van der Waals surface area contributed by atoms with E-state index in [4.69, 9.17) is 0 Å². The molecule has 4 heteroatoms. The molecule has 0 fully saturated rings. The summed E-state index contributed by atoms with van der Waals surface area (Å²) in [6.07, 6.45) is 9.24. The summed E-state index contributed by atoms with van der Waals surface area (Å²) in [4.78, 5) is 0. The van der Waals surface area contributed by atoms with Gasteiger partial charge >= 0.3 is 43.4 Å². The van der Waals surface area contributed by atoms with Crippen LogP contribution in [0.15, 0.2) is 77.4 Å². The van der Waals surface area contributed by atoms with Gasteiger partial charge in [0.1, 0.15) is 0 Å². The maximum atomic E-state index is 3.99. The molecule has 1 aliphatic carbocycles. The molecule has 0 aliphatic heterocycles. The van der Waals surface area contributed by atoms with Crippen molar-refractivity contribution in [2.75, 3.05) is 0 Å². The maximum Gasteiger partial charge on any atom is 4.00 e. The number of rotatable bonds is 14. The van der Waals surface area contributed by atoms with Gasteiger partial charge in [0.2, 0.25) is 0 Å². The van der Waals surface area contributed by atoms with Gasteiger partial charge < -0.3 is 44.6 Å². The molecule has 3 aromatic rings. The van der Waals surface area contributed by atoms with Crippen LogP contribution < -0.4 is 15.6 Å². The van der Waals surface area contributed by atoms with Gasteiger partial charge in [-0.2, -0.15) is 33.4 Å². The molecule has 56 heavy (non-hydrogen) atoms. The van der Waals surface area contributed by atoms with Crippen LogP contribution in [0, 0.1) is 90.2 Å². The van der Waals surface area contributed by atoms with Crippen molar-refractivity contribution in [1.82, 2.24) is 0 Å². The van der Waals surface area contributed by atoms with E-state index in [-0.39, 0.29) is 93.0 Å². The van der Waals surface area contributed by atoms with Gasteiger partial charge in [-0.3, -0.25) is 6.08 Å². The second-order valence-corrected chi connectivity index (χ2v) is 25.1. The van der Waals surface area contributed by atoms with Crippen molar-refractivity contribution in [1.29, 1.82) is 0 Å². The molecular formula is C52H88Si2Ti2. The SMILES string of the molecule is CCCC[Si](CCCC)(c1ccccc1)C1(C)[C-]=C(C)C(C)=C1C.Cc1c(C)c(C)[c-]([Si](CC(C)C)(CC(C)C)c2ccccc2)c1C.[CH3-].[CH3-].[CH3-].[CH3-].[CH3-].[CH3-].[Ti+4].[Ti+4]. The zero-order valence-electron chi connectivity index (χ0n) is 40.6. The first-order valence-electron chi connectivity index (χ1n) is 19.3. The smallest absolute Gasteiger partial charge is 0.358 e. The Morgan fingerprint density at radius 2 is 0.946 bits per heavy atom. The average Bonchev–Trinajstić information content (AvgIpc) is 3.39. The molecule has 1 atom stereocenters. The Morgan fingerprint density at radius 1 is 0.589 bits per heavy atom. The molecular weight excluding hydrogens is 776 g/mol. The summed E-state index contributed by atoms with van der Waals surface area (Å²) < 4.78 is 0. The number of hydrogen-bond acceptors (Lipinski definition) is 0. The van der Waals surface area contributed by atoms with E-state index in [1.54, 1.807) is 32.3 Å². The molecule has 0 heterocycles. The van der Waals surface area contributed by atoms with Crippen LogP contribution in [-0.2, 0) is 43.4 Å². The van der Waals surface area contributed by atoms with Crippen molar-refractivity contribution < 1.29 is 43.4 Å². The quantitative estimate of drug-likeness (QED) is 0.112. The van der Waals surface area contributed by atoms with E-state index in [9.17, 15) is 0 Å². The summed E-state index contributed by atoms with van der Waals surface area (Å²) in [5.74, 6) is 1.45. The van der Waals surface area contributed by atoms with E-state index in [2.05, 4.69) is 164 Å². The van der Waals surface area contributed by atoms with Gasteiger partial charge in [-0.05, 0) is 11.8 Å². The van der Waals surface area contributed by atoms with E-state index in [1.165, 1.54) is 72.1 Å². The molecule has 0 amide bonds. The van der Waals surface area contributed by atoms with E-state index < -0.39 is 16.1 Å². The number of benzene rings is 2. The third kappa shape index (κ3) is 14.1. The van der Waals surface area contributed by atoms with Crippen LogP contribution in [0.3, 0.4) is 0 Å². The molecule has 0 N–H and O–H groups in total. The minimum absolute atomic E-state index is 0. The van der Waals surface area contributed by atoms with Gasteiger partial charge in [0, 0.05) is 0 Å². The van der Waals surface area contributed by atoms with E-state index in [0.29, 0.717) is 0 Å². The normalized spacial score (nSPS) is 14.5. The van der Waals surface area contributed by atoms with Gasteiger partial charge in [-0.25, -0.2) is 5.57 Å². The molecule has 312 valence electrons. The molecule has 4 rings (SSSR count). The Hall–Kier alpha value is -0.868. The van der Waals surface area contributed by atoms with Gasteiger partial charge in [0.15, 0.2) is 0 Å². The topological polar surface area (TPSA) is 0 Å². The van der Waals surface area contributed by atoms with Crippen LogP contribution in [0.4, 0.5) is 0 Å². The molecule has 0 bridgehead atoms. The van der Waals surface area contributed by atoms with Crippen LogP contribution in [-0.4, -0.2) is 16.1 Å². The Balaban J connectivity index is -0.000000195. The zero-order chi connectivity index (χ0) is 35.9. The van der Waals surface area contributed by atoms with Gasteiger partial charge in [-0.15, -0.1) is 12.1 Å². The average molecular weight is 865 g/mol. The number of unbranched alkanes of at least 4 members (excludes halogenated alkanes) is 2. The summed E-state index contributed by atoms with van der Waals surface area (Å²) in [5, 5.41) is 5.16. The standard InChI is InChI=1S/2C23H35Si.6CH3.2Ti/c1-16(2)14-24(15-17(3)4,22-12-10-9-11-13-22)23-20(7)18(5)19(6)21(23)8;1-7-9-16-24(17-10-8-2,22-14-12-11-13-15-22)23(6)18-19(3)20(4)21(23)5;;;;;;;;/h9-13,16-17H,14-15H2,1-8H3;11-15H,7-10,16-17H2,1-6H3;6*1H3;;/q8*-1;2*+4. The van der Waals surface area contributed by atoms with Crippen molar-refractivity contribution in [2.24, 2.45) is 11.8 Å². The monoisotopic (exact) mass is 865 g/mol. The Labute approximate surface area is 386 Å². The fraction of sp³-hybridized carbons (Fsp3) is 0.481. The van der Waals surface area contributed by atoms with Crippen LogP contribution >= 0.6 is 0 Å². The van der Waals surface area contributed by atoms with Crippen molar-refractivity contribution in [2.45, 2.75) is 152 Å². The first-order valence-corrected chi connectivity index (χ1v) is 24.1. The minimum atomic E-state index is -1.77. The fourth-order valence-electron chi connectivity index (χ4n) is 9.37. The molecule has 0 spiro atoms.